The van der Waals surface area contributed by atoms with E-state index in [1.54, 1.807) is 23.3 Å². The summed E-state index contributed by atoms with van der Waals surface area (Å²) < 4.78 is 0. The van der Waals surface area contributed by atoms with E-state index in [9.17, 15) is 4.79 Å². The molecule has 5 heteroatoms. The number of pyridine rings is 1. The molecule has 0 bridgehead atoms. The molecule has 0 unspecified atom stereocenters. The van der Waals surface area contributed by atoms with Crippen LogP contribution in [0.25, 0.3) is 0 Å². The average molecular weight is 273 g/mol. The van der Waals surface area contributed by atoms with Crippen molar-refractivity contribution in [3.8, 4) is 0 Å². The Labute approximate surface area is 116 Å². The molecule has 0 saturated heterocycles. The number of amides is 1. The second kappa shape index (κ2) is 6.24. The van der Waals surface area contributed by atoms with Crippen LogP contribution in [-0.2, 0) is 0 Å². The number of anilines is 1. The number of aromatic nitrogens is 1. The number of hydrazine groups is 1. The van der Waals surface area contributed by atoms with E-state index in [2.05, 4.69) is 10.4 Å². The van der Waals surface area contributed by atoms with Crippen LogP contribution in [0.15, 0.2) is 53.7 Å². The molecule has 0 aliphatic rings. The third kappa shape index (κ3) is 3.26. The fraction of sp³-hybridized carbons (Fsp3) is 0.143. The van der Waals surface area contributed by atoms with Crippen molar-refractivity contribution in [2.75, 3.05) is 18.3 Å². The minimum absolute atomic E-state index is 0.163. The minimum atomic E-state index is -0.163. The van der Waals surface area contributed by atoms with Gasteiger partial charge >= 0.3 is 0 Å². The zero-order chi connectivity index (χ0) is 13.7. The van der Waals surface area contributed by atoms with Gasteiger partial charge in [0.2, 0.25) is 0 Å². The van der Waals surface area contributed by atoms with Gasteiger partial charge in [-0.1, -0.05) is 18.2 Å². The molecule has 0 aliphatic carbocycles. The lowest BCUT2D eigenvalue weighted by molar-refractivity contribution is 0.0948. The van der Waals surface area contributed by atoms with Gasteiger partial charge in [-0.2, -0.15) is 0 Å². The Morgan fingerprint density at radius 2 is 1.95 bits per heavy atom. The first-order valence-corrected chi connectivity index (χ1v) is 7.03. The highest BCUT2D eigenvalue weighted by Crippen LogP contribution is 2.17. The van der Waals surface area contributed by atoms with Crippen LogP contribution in [0.1, 0.15) is 10.4 Å². The Morgan fingerprint density at radius 3 is 2.63 bits per heavy atom. The second-order valence-electron chi connectivity index (χ2n) is 3.90. The Bertz CT molecular complexity index is 560. The van der Waals surface area contributed by atoms with Gasteiger partial charge in [-0.05, 0) is 30.5 Å². The van der Waals surface area contributed by atoms with Gasteiger partial charge in [0.1, 0.15) is 5.03 Å². The van der Waals surface area contributed by atoms with Gasteiger partial charge in [0.25, 0.3) is 5.91 Å². The van der Waals surface area contributed by atoms with Gasteiger partial charge < -0.3 is 0 Å². The molecular weight excluding hydrogens is 258 g/mol. The van der Waals surface area contributed by atoms with Gasteiger partial charge in [-0.3, -0.25) is 15.2 Å². The highest BCUT2D eigenvalue weighted by atomic mass is 32.2. The van der Waals surface area contributed by atoms with Crippen LogP contribution < -0.4 is 10.4 Å². The van der Waals surface area contributed by atoms with E-state index in [0.717, 1.165) is 10.7 Å². The number of benzene rings is 1. The maximum atomic E-state index is 12.2. The minimum Gasteiger partial charge on any atom is -0.288 e. The lowest BCUT2D eigenvalue weighted by Crippen LogP contribution is -2.39. The molecule has 19 heavy (non-hydrogen) atoms. The number of thioether (sulfide) groups is 1. The number of nitrogens with zero attached hydrogens (tertiary/aromatic N) is 2. The molecule has 1 aromatic carbocycles. The molecule has 0 spiro atoms. The molecule has 1 aromatic heterocycles. The van der Waals surface area contributed by atoms with E-state index < -0.39 is 0 Å². The SMILES string of the molecule is CSc1ncccc1C(=O)NN(C)c1ccccc1. The topological polar surface area (TPSA) is 45.2 Å². The number of rotatable bonds is 4. The van der Waals surface area contributed by atoms with Crippen molar-refractivity contribution in [3.05, 3.63) is 54.2 Å². The van der Waals surface area contributed by atoms with E-state index >= 15 is 0 Å². The van der Waals surface area contributed by atoms with Crippen LogP contribution in [0.2, 0.25) is 0 Å². The molecule has 2 rings (SSSR count). The molecule has 2 aromatic rings. The van der Waals surface area contributed by atoms with E-state index in [1.165, 1.54) is 11.8 Å². The van der Waals surface area contributed by atoms with E-state index in [1.807, 2.05) is 43.6 Å². The summed E-state index contributed by atoms with van der Waals surface area (Å²) in [5.74, 6) is -0.163. The molecule has 1 N–H and O–H groups in total. The zero-order valence-electron chi connectivity index (χ0n) is 10.8. The number of carbonyl (C=O) groups excluding carboxylic acids is 1. The van der Waals surface area contributed by atoms with Crippen molar-refractivity contribution in [3.63, 3.8) is 0 Å². The standard InChI is InChI=1S/C14H15N3OS/c1-17(11-7-4-3-5-8-11)16-13(18)12-9-6-10-15-14(12)19-2/h3-10H,1-2H3,(H,16,18). The molecule has 4 nitrogen and oxygen atoms in total. The molecule has 0 atom stereocenters. The molecule has 0 saturated carbocycles. The van der Waals surface area contributed by atoms with E-state index in [-0.39, 0.29) is 5.91 Å². The van der Waals surface area contributed by atoms with Crippen molar-refractivity contribution in [1.82, 2.24) is 10.4 Å². The number of hydrogen-bond donors (Lipinski definition) is 1. The summed E-state index contributed by atoms with van der Waals surface area (Å²) in [5.41, 5.74) is 4.33. The fourth-order valence-corrected chi connectivity index (χ4v) is 2.20. The zero-order valence-corrected chi connectivity index (χ0v) is 11.6. The van der Waals surface area contributed by atoms with Crippen LogP contribution in [0.5, 0.6) is 0 Å². The van der Waals surface area contributed by atoms with E-state index in [0.29, 0.717) is 5.56 Å². The summed E-state index contributed by atoms with van der Waals surface area (Å²) >= 11 is 1.46. The van der Waals surface area contributed by atoms with Crippen molar-refractivity contribution in [1.29, 1.82) is 0 Å². The summed E-state index contributed by atoms with van der Waals surface area (Å²) in [5, 5.41) is 2.42. The van der Waals surface area contributed by atoms with Crippen molar-refractivity contribution in [2.24, 2.45) is 0 Å². The average Bonchev–Trinajstić information content (AvgIpc) is 2.48. The summed E-state index contributed by atoms with van der Waals surface area (Å²) in [7, 11) is 1.81. The first-order valence-electron chi connectivity index (χ1n) is 5.81. The third-order valence-corrected chi connectivity index (χ3v) is 3.33. The smallest absolute Gasteiger partial charge is 0.272 e. The predicted octanol–water partition coefficient (Wildman–Crippen LogP) is 2.58. The van der Waals surface area contributed by atoms with Crippen molar-refractivity contribution >= 4 is 23.4 Å². The van der Waals surface area contributed by atoms with Crippen LogP contribution >= 0.6 is 11.8 Å². The highest BCUT2D eigenvalue weighted by molar-refractivity contribution is 7.98. The van der Waals surface area contributed by atoms with Gasteiger partial charge in [-0.25, -0.2) is 4.98 Å². The molecule has 0 aliphatic heterocycles. The molecule has 1 amide bonds. The first kappa shape index (κ1) is 13.4. The van der Waals surface area contributed by atoms with Gasteiger partial charge in [0.15, 0.2) is 0 Å². The summed E-state index contributed by atoms with van der Waals surface area (Å²) in [6.45, 7) is 0. The fourth-order valence-electron chi connectivity index (χ4n) is 1.65. The van der Waals surface area contributed by atoms with Crippen LogP contribution in [0, 0.1) is 0 Å². The molecule has 0 fully saturated rings. The predicted molar refractivity (Wildman–Crippen MR) is 78.3 cm³/mol. The Hall–Kier alpha value is -2.01. The van der Waals surface area contributed by atoms with Crippen molar-refractivity contribution < 1.29 is 4.79 Å². The van der Waals surface area contributed by atoms with Gasteiger partial charge in [0.05, 0.1) is 11.3 Å². The Balaban J connectivity index is 2.13. The van der Waals surface area contributed by atoms with E-state index in [4.69, 9.17) is 0 Å². The normalized spacial score (nSPS) is 10.0. The molecule has 0 radical (unpaired) electrons. The summed E-state index contributed by atoms with van der Waals surface area (Å²) in [4.78, 5) is 16.4. The van der Waals surface area contributed by atoms with Crippen LogP contribution in [0.4, 0.5) is 5.69 Å². The Kier molecular flexibility index (Phi) is 4.41. The quantitative estimate of drug-likeness (QED) is 0.687. The second-order valence-corrected chi connectivity index (χ2v) is 4.69. The van der Waals surface area contributed by atoms with Crippen LogP contribution in [-0.4, -0.2) is 24.2 Å². The number of carbonyl (C=O) groups is 1. The van der Waals surface area contributed by atoms with Crippen LogP contribution in [0.3, 0.4) is 0 Å². The maximum Gasteiger partial charge on any atom is 0.272 e. The maximum absolute atomic E-state index is 12.2. The number of nitrogens with one attached hydrogen (secondary N) is 1. The summed E-state index contributed by atoms with van der Waals surface area (Å²) in [6.07, 6.45) is 3.59. The molecule has 1 heterocycles. The van der Waals surface area contributed by atoms with Gasteiger partial charge in [0, 0.05) is 13.2 Å². The van der Waals surface area contributed by atoms with Gasteiger partial charge in [-0.15, -0.1) is 11.8 Å². The summed E-state index contributed by atoms with van der Waals surface area (Å²) in [6, 6.07) is 13.2. The number of para-hydroxylation sites is 1. The Morgan fingerprint density at radius 1 is 1.21 bits per heavy atom. The molecule has 98 valence electrons. The lowest BCUT2D eigenvalue weighted by Gasteiger charge is -2.20. The monoisotopic (exact) mass is 273 g/mol. The highest BCUT2D eigenvalue weighted by Gasteiger charge is 2.13. The largest absolute Gasteiger partial charge is 0.288 e. The number of hydrogen-bond acceptors (Lipinski definition) is 4. The first-order chi connectivity index (χ1) is 9.22. The molecular formula is C14H15N3OS. The third-order valence-electron chi connectivity index (χ3n) is 2.62. The lowest BCUT2D eigenvalue weighted by atomic mass is 10.3. The van der Waals surface area contributed by atoms with Crippen molar-refractivity contribution in [2.45, 2.75) is 5.03 Å².